The minimum Gasteiger partial charge on any atom is -0.462 e. The van der Waals surface area contributed by atoms with Crippen LogP contribution in [0.25, 0.3) is 0 Å². The Hall–Kier alpha value is -3.15. The fraction of sp³-hybridized carbons (Fsp3) is 0.795. The van der Waals surface area contributed by atoms with E-state index in [0.29, 0.717) is 19.3 Å². The summed E-state index contributed by atoms with van der Waals surface area (Å²) < 4.78 is 16.9. The second kappa shape index (κ2) is 67.4. The average Bonchev–Trinajstić information content (AvgIpc) is 3.45. The SMILES string of the molecule is CC/C=C\C/C=C\C/C=C\C/C=C\C/C=C\CCCCCCCCCC(=O)OC(COC(=O)CCCCCCC/C=C\CCC)COC(=O)CCCCCCCCCCCCCCCCCCCCCCCCCCCCCC. The van der Waals surface area contributed by atoms with E-state index in [2.05, 4.69) is 93.7 Å². The van der Waals surface area contributed by atoms with Crippen molar-refractivity contribution in [1.82, 2.24) is 0 Å². The molecule has 0 amide bonds. The molecule has 0 aromatic heterocycles. The normalized spacial score (nSPS) is 12.5. The number of rotatable bonds is 63. The van der Waals surface area contributed by atoms with E-state index in [4.69, 9.17) is 14.2 Å². The van der Waals surface area contributed by atoms with Crippen molar-refractivity contribution in [3.05, 3.63) is 72.9 Å². The summed E-state index contributed by atoms with van der Waals surface area (Å²) >= 11 is 0. The van der Waals surface area contributed by atoms with E-state index in [9.17, 15) is 14.4 Å². The van der Waals surface area contributed by atoms with Gasteiger partial charge in [0, 0.05) is 19.3 Å². The first-order chi connectivity index (χ1) is 39.0. The lowest BCUT2D eigenvalue weighted by atomic mass is 10.0. The van der Waals surface area contributed by atoms with Gasteiger partial charge in [-0.05, 0) is 83.5 Å². The summed E-state index contributed by atoms with van der Waals surface area (Å²) in [5.74, 6) is -0.885. The van der Waals surface area contributed by atoms with Crippen LogP contribution in [-0.4, -0.2) is 37.2 Å². The van der Waals surface area contributed by atoms with Crippen molar-refractivity contribution in [3.8, 4) is 0 Å². The first kappa shape index (κ1) is 75.8. The van der Waals surface area contributed by atoms with Crippen LogP contribution < -0.4 is 0 Å². The second-order valence-electron chi connectivity index (χ2n) is 23.1. The van der Waals surface area contributed by atoms with Gasteiger partial charge in [0.2, 0.25) is 0 Å². The van der Waals surface area contributed by atoms with Crippen LogP contribution in [0, 0.1) is 0 Å². The van der Waals surface area contributed by atoms with Gasteiger partial charge in [0.25, 0.3) is 0 Å². The van der Waals surface area contributed by atoms with Gasteiger partial charge in [0.1, 0.15) is 13.2 Å². The minimum absolute atomic E-state index is 0.0796. The molecular weight excluding hydrogens is 973 g/mol. The summed E-state index contributed by atoms with van der Waals surface area (Å²) in [6, 6.07) is 0. The maximum Gasteiger partial charge on any atom is 0.306 e. The Morgan fingerprint density at radius 2 is 0.519 bits per heavy atom. The van der Waals surface area contributed by atoms with Gasteiger partial charge < -0.3 is 14.2 Å². The summed E-state index contributed by atoms with van der Waals surface area (Å²) in [5.41, 5.74) is 0. The number of carbonyl (C=O) groups excluding carboxylic acids is 3. The number of unbranched alkanes of at least 4 members (excludes halogenated alkanes) is 40. The molecule has 0 heterocycles. The molecule has 6 heteroatoms. The van der Waals surface area contributed by atoms with Crippen LogP contribution in [0.4, 0.5) is 0 Å². The zero-order valence-corrected chi connectivity index (χ0v) is 52.6. The van der Waals surface area contributed by atoms with Gasteiger partial charge in [-0.3, -0.25) is 14.4 Å². The lowest BCUT2D eigenvalue weighted by Crippen LogP contribution is -2.30. The Kier molecular flexibility index (Phi) is 64.7. The molecule has 0 aliphatic carbocycles. The molecule has 0 rings (SSSR count). The van der Waals surface area contributed by atoms with Crippen molar-refractivity contribution in [1.29, 1.82) is 0 Å². The van der Waals surface area contributed by atoms with E-state index in [-0.39, 0.29) is 31.1 Å². The van der Waals surface area contributed by atoms with E-state index in [0.717, 1.165) is 109 Å². The number of allylic oxidation sites excluding steroid dienone is 12. The molecule has 0 radical (unpaired) electrons. The van der Waals surface area contributed by atoms with Crippen LogP contribution in [0.15, 0.2) is 72.9 Å². The van der Waals surface area contributed by atoms with E-state index >= 15 is 0 Å². The Balaban J connectivity index is 4.18. The van der Waals surface area contributed by atoms with Crippen LogP contribution in [0.2, 0.25) is 0 Å². The second-order valence-corrected chi connectivity index (χ2v) is 23.1. The quantitative estimate of drug-likeness (QED) is 0.0261. The lowest BCUT2D eigenvalue weighted by Gasteiger charge is -2.18. The predicted octanol–water partition coefficient (Wildman–Crippen LogP) is 23.7. The van der Waals surface area contributed by atoms with Crippen molar-refractivity contribution in [2.75, 3.05) is 13.2 Å². The van der Waals surface area contributed by atoms with E-state index in [1.165, 1.54) is 205 Å². The third kappa shape index (κ3) is 65.5. The molecule has 458 valence electrons. The molecule has 0 fully saturated rings. The van der Waals surface area contributed by atoms with Gasteiger partial charge in [0.05, 0.1) is 0 Å². The van der Waals surface area contributed by atoms with Crippen molar-refractivity contribution in [2.45, 2.75) is 361 Å². The summed E-state index contributed by atoms with van der Waals surface area (Å²) in [4.78, 5) is 38.3. The Morgan fingerprint density at radius 1 is 0.266 bits per heavy atom. The number of esters is 3. The van der Waals surface area contributed by atoms with Gasteiger partial charge in [-0.15, -0.1) is 0 Å². The first-order valence-corrected chi connectivity index (χ1v) is 34.4. The zero-order valence-electron chi connectivity index (χ0n) is 52.6. The molecule has 1 unspecified atom stereocenters. The molecule has 79 heavy (non-hydrogen) atoms. The van der Waals surface area contributed by atoms with Crippen molar-refractivity contribution in [3.63, 3.8) is 0 Å². The Morgan fingerprint density at radius 3 is 0.835 bits per heavy atom. The largest absolute Gasteiger partial charge is 0.462 e. The highest BCUT2D eigenvalue weighted by atomic mass is 16.6. The van der Waals surface area contributed by atoms with Crippen molar-refractivity contribution in [2.24, 2.45) is 0 Å². The van der Waals surface area contributed by atoms with Gasteiger partial charge in [-0.25, -0.2) is 0 Å². The fourth-order valence-corrected chi connectivity index (χ4v) is 10.1. The van der Waals surface area contributed by atoms with Gasteiger partial charge in [0.15, 0.2) is 6.10 Å². The standard InChI is InChI=1S/C73H130O6/c1-4-7-10-13-16-19-22-24-26-28-30-32-34-35-36-37-38-40-41-43-45-47-49-51-54-57-60-63-66-72(75)78-69-70(68-77-71(74)65-62-59-56-53-21-18-15-12-9-6-3)79-73(76)67-64-61-58-55-52-50-48-46-44-42-39-33-31-29-27-25-23-20-17-14-11-8-5-2/h8,11-12,15,17,20,25,27,31,33,42,44,70H,4-7,9-10,13-14,16,18-19,21-24,26,28-30,32,34-41,43,45-69H2,1-3H3/b11-8-,15-12-,20-17-,27-25-,33-31-,44-42-. The molecule has 0 aliphatic heterocycles. The molecular formula is C73H130O6. The topological polar surface area (TPSA) is 78.9 Å². The zero-order chi connectivity index (χ0) is 57.1. The monoisotopic (exact) mass is 1100 g/mol. The summed E-state index contributed by atoms with van der Waals surface area (Å²) in [6.45, 7) is 6.50. The minimum atomic E-state index is -0.784. The third-order valence-corrected chi connectivity index (χ3v) is 15.2. The Labute approximate surface area is 491 Å². The highest BCUT2D eigenvalue weighted by Gasteiger charge is 2.19. The molecule has 0 saturated carbocycles. The number of hydrogen-bond acceptors (Lipinski definition) is 6. The van der Waals surface area contributed by atoms with E-state index in [1.54, 1.807) is 0 Å². The maximum absolute atomic E-state index is 12.9. The molecule has 0 aromatic rings. The summed E-state index contributed by atoms with van der Waals surface area (Å²) in [5, 5.41) is 0. The van der Waals surface area contributed by atoms with Gasteiger partial charge in [-0.2, -0.15) is 0 Å². The van der Waals surface area contributed by atoms with Crippen molar-refractivity contribution < 1.29 is 28.6 Å². The predicted molar refractivity (Wildman–Crippen MR) is 344 cm³/mol. The van der Waals surface area contributed by atoms with Gasteiger partial charge >= 0.3 is 17.9 Å². The molecule has 1 atom stereocenters. The van der Waals surface area contributed by atoms with Crippen molar-refractivity contribution >= 4 is 17.9 Å². The molecule has 0 bridgehead atoms. The Bertz CT molecular complexity index is 1450. The van der Waals surface area contributed by atoms with Crippen LogP contribution >= 0.6 is 0 Å². The summed E-state index contributed by atoms with van der Waals surface area (Å²) in [7, 11) is 0. The van der Waals surface area contributed by atoms with E-state index in [1.807, 2.05) is 0 Å². The highest BCUT2D eigenvalue weighted by molar-refractivity contribution is 5.71. The highest BCUT2D eigenvalue weighted by Crippen LogP contribution is 2.18. The fourth-order valence-electron chi connectivity index (χ4n) is 10.1. The third-order valence-electron chi connectivity index (χ3n) is 15.2. The molecule has 0 aromatic carbocycles. The van der Waals surface area contributed by atoms with Gasteiger partial charge in [-0.1, -0.05) is 325 Å². The van der Waals surface area contributed by atoms with Crippen LogP contribution in [0.1, 0.15) is 355 Å². The summed E-state index contributed by atoms with van der Waals surface area (Å²) in [6.07, 6.45) is 88.0. The molecule has 0 aliphatic rings. The number of carbonyl (C=O) groups is 3. The molecule has 0 saturated heterocycles. The average molecular weight is 1100 g/mol. The van der Waals surface area contributed by atoms with E-state index < -0.39 is 6.10 Å². The molecule has 0 spiro atoms. The first-order valence-electron chi connectivity index (χ1n) is 34.4. The van der Waals surface area contributed by atoms with Crippen LogP contribution in [0.3, 0.4) is 0 Å². The molecule has 0 N–H and O–H groups in total. The smallest absolute Gasteiger partial charge is 0.306 e. The number of ether oxygens (including phenoxy) is 3. The van der Waals surface area contributed by atoms with Crippen LogP contribution in [-0.2, 0) is 28.6 Å². The lowest BCUT2D eigenvalue weighted by molar-refractivity contribution is -0.167. The van der Waals surface area contributed by atoms with Crippen LogP contribution in [0.5, 0.6) is 0 Å². The number of hydrogen-bond donors (Lipinski definition) is 0. The molecule has 6 nitrogen and oxygen atoms in total. The maximum atomic E-state index is 12.9.